The number of benzene rings is 6. The monoisotopic (exact) mass is 537 g/mol. The summed E-state index contributed by atoms with van der Waals surface area (Å²) in [5.41, 5.74) is 9.51. The molecule has 3 nitrogen and oxygen atoms in total. The van der Waals surface area contributed by atoms with Gasteiger partial charge in [-0.25, -0.2) is 9.97 Å². The average Bonchev–Trinajstić information content (AvgIpc) is 3.47. The largest absolute Gasteiger partial charge is 0.293 e. The molecule has 0 aliphatic heterocycles. The zero-order valence-corrected chi connectivity index (χ0v) is 23.5. The second-order valence-corrected chi connectivity index (χ2v) is 11.9. The fourth-order valence-corrected chi connectivity index (χ4v) is 7.10. The van der Waals surface area contributed by atoms with E-state index in [1.54, 1.807) is 0 Å². The Balaban J connectivity index is 1.35. The summed E-state index contributed by atoms with van der Waals surface area (Å²) in [7, 11) is 0. The Hall–Kier alpha value is -5.28. The minimum absolute atomic E-state index is 0.0361. The molecule has 42 heavy (non-hydrogen) atoms. The second-order valence-electron chi connectivity index (χ2n) is 11.9. The van der Waals surface area contributed by atoms with Crippen molar-refractivity contribution < 1.29 is 0 Å². The molecule has 8 aromatic rings. The van der Waals surface area contributed by atoms with Crippen molar-refractivity contribution in [1.82, 2.24) is 14.5 Å². The smallest absolute Gasteiger partial charge is 0.162 e. The van der Waals surface area contributed by atoms with Crippen molar-refractivity contribution in [2.75, 3.05) is 0 Å². The van der Waals surface area contributed by atoms with E-state index in [-0.39, 0.29) is 5.41 Å². The Kier molecular flexibility index (Phi) is 4.67. The van der Waals surface area contributed by atoms with Crippen molar-refractivity contribution >= 4 is 43.5 Å². The summed E-state index contributed by atoms with van der Waals surface area (Å²) in [6.45, 7) is 4.63. The van der Waals surface area contributed by atoms with E-state index in [4.69, 9.17) is 9.97 Å². The van der Waals surface area contributed by atoms with E-state index in [0.29, 0.717) is 0 Å². The Morgan fingerprint density at radius 3 is 2.10 bits per heavy atom. The fourth-order valence-electron chi connectivity index (χ4n) is 7.10. The molecule has 0 unspecified atom stereocenters. The van der Waals surface area contributed by atoms with E-state index >= 15 is 0 Å². The summed E-state index contributed by atoms with van der Waals surface area (Å²) in [5, 5.41) is 5.93. The molecular weight excluding hydrogens is 510 g/mol. The Labute approximate surface area is 243 Å². The number of rotatable bonds is 2. The third-order valence-corrected chi connectivity index (χ3v) is 9.18. The predicted molar refractivity (Wildman–Crippen MR) is 174 cm³/mol. The summed E-state index contributed by atoms with van der Waals surface area (Å²) < 4.78 is 2.33. The van der Waals surface area contributed by atoms with Gasteiger partial charge in [-0.05, 0) is 69.4 Å². The molecule has 0 bridgehead atoms. The van der Waals surface area contributed by atoms with Gasteiger partial charge in [-0.15, -0.1) is 0 Å². The summed E-state index contributed by atoms with van der Waals surface area (Å²) in [6.07, 6.45) is 0. The van der Waals surface area contributed by atoms with Crippen LogP contribution in [-0.4, -0.2) is 14.5 Å². The highest BCUT2D eigenvalue weighted by molar-refractivity contribution is 6.14. The van der Waals surface area contributed by atoms with Gasteiger partial charge in [-0.1, -0.05) is 105 Å². The molecule has 0 amide bonds. The molecule has 1 aliphatic rings. The highest BCUT2D eigenvalue weighted by Crippen LogP contribution is 2.49. The normalized spacial score (nSPS) is 13.7. The zero-order chi connectivity index (χ0) is 28.0. The van der Waals surface area contributed by atoms with Crippen LogP contribution in [-0.2, 0) is 5.41 Å². The average molecular weight is 538 g/mol. The molecule has 0 atom stereocenters. The lowest BCUT2D eigenvalue weighted by atomic mass is 9.82. The van der Waals surface area contributed by atoms with Gasteiger partial charge in [0.25, 0.3) is 0 Å². The lowest BCUT2D eigenvalue weighted by Crippen LogP contribution is -2.14. The van der Waals surface area contributed by atoms with Gasteiger partial charge in [-0.2, -0.15) is 0 Å². The summed E-state index contributed by atoms with van der Waals surface area (Å²) in [5.74, 6) is 1.64. The van der Waals surface area contributed by atoms with Gasteiger partial charge in [0.05, 0.1) is 16.6 Å². The number of hydrogen-bond donors (Lipinski definition) is 0. The number of aromatic nitrogens is 3. The van der Waals surface area contributed by atoms with Crippen molar-refractivity contribution in [2.45, 2.75) is 19.3 Å². The lowest BCUT2D eigenvalue weighted by molar-refractivity contribution is 0.660. The van der Waals surface area contributed by atoms with Gasteiger partial charge in [0.15, 0.2) is 5.82 Å². The topological polar surface area (TPSA) is 30.7 Å². The molecule has 3 heteroatoms. The van der Waals surface area contributed by atoms with E-state index in [0.717, 1.165) is 39.1 Å². The Morgan fingerprint density at radius 2 is 1.21 bits per heavy atom. The van der Waals surface area contributed by atoms with Gasteiger partial charge in [-0.3, -0.25) is 4.57 Å². The van der Waals surface area contributed by atoms with Gasteiger partial charge >= 0.3 is 0 Å². The molecule has 0 N–H and O–H groups in total. The van der Waals surface area contributed by atoms with E-state index in [1.165, 1.54) is 43.8 Å². The molecule has 6 aromatic carbocycles. The predicted octanol–water partition coefficient (Wildman–Crippen LogP) is 9.85. The van der Waals surface area contributed by atoms with Crippen LogP contribution in [0.4, 0.5) is 0 Å². The van der Waals surface area contributed by atoms with Crippen LogP contribution < -0.4 is 0 Å². The molecule has 0 saturated heterocycles. The van der Waals surface area contributed by atoms with Crippen LogP contribution in [0.5, 0.6) is 0 Å². The number of fused-ring (bicyclic) bond motifs is 8. The maximum atomic E-state index is 5.36. The molecule has 0 fully saturated rings. The third kappa shape index (κ3) is 3.16. The van der Waals surface area contributed by atoms with Crippen molar-refractivity contribution in [3.8, 4) is 28.3 Å². The Bertz CT molecular complexity index is 2390. The lowest BCUT2D eigenvalue weighted by Gasteiger charge is -2.21. The zero-order valence-electron chi connectivity index (χ0n) is 23.5. The van der Waals surface area contributed by atoms with Crippen LogP contribution in [0.1, 0.15) is 25.0 Å². The highest BCUT2D eigenvalue weighted by Gasteiger charge is 2.35. The molecule has 0 spiro atoms. The van der Waals surface area contributed by atoms with E-state index in [9.17, 15) is 0 Å². The van der Waals surface area contributed by atoms with Crippen molar-refractivity contribution in [3.63, 3.8) is 0 Å². The SMILES string of the molecule is CC1(C)c2ccccc2-c2cc(-c3nc(-n4c5ccccc5c5cc6ccccc6cc54)c4ccccc4n3)ccc21. The van der Waals surface area contributed by atoms with Crippen molar-refractivity contribution in [1.29, 1.82) is 0 Å². The molecule has 9 rings (SSSR count). The van der Waals surface area contributed by atoms with Crippen LogP contribution >= 0.6 is 0 Å². The van der Waals surface area contributed by atoms with Gasteiger partial charge < -0.3 is 0 Å². The van der Waals surface area contributed by atoms with Crippen LogP contribution in [0.25, 0.3) is 71.8 Å². The summed E-state index contributed by atoms with van der Waals surface area (Å²) >= 11 is 0. The van der Waals surface area contributed by atoms with Gasteiger partial charge in [0.2, 0.25) is 0 Å². The number of para-hydroxylation sites is 2. The molecule has 0 radical (unpaired) electrons. The molecule has 1 aliphatic carbocycles. The first-order valence-corrected chi connectivity index (χ1v) is 14.5. The Morgan fingerprint density at radius 1 is 0.524 bits per heavy atom. The van der Waals surface area contributed by atoms with E-state index < -0.39 is 0 Å². The first kappa shape index (κ1) is 23.4. The number of hydrogen-bond acceptors (Lipinski definition) is 2. The minimum Gasteiger partial charge on any atom is -0.293 e. The van der Waals surface area contributed by atoms with Crippen molar-refractivity contribution in [2.24, 2.45) is 0 Å². The summed E-state index contributed by atoms with van der Waals surface area (Å²) in [4.78, 5) is 10.5. The van der Waals surface area contributed by atoms with Gasteiger partial charge in [0, 0.05) is 27.1 Å². The standard InChI is InChI=1S/C39H27N3/c1-39(2)32-16-8-5-13-27(32)30-22-26(19-20-33(30)39)37-40-34-17-9-6-15-29(34)38(41-37)42-35-18-10-7-14-28(35)31-21-24-11-3-4-12-25(24)23-36(31)42/h3-23H,1-2H3. The first-order chi connectivity index (χ1) is 20.6. The highest BCUT2D eigenvalue weighted by atomic mass is 15.1. The summed E-state index contributed by atoms with van der Waals surface area (Å²) in [6, 6.07) is 45.7. The van der Waals surface area contributed by atoms with E-state index in [2.05, 4.69) is 146 Å². The third-order valence-electron chi connectivity index (χ3n) is 9.18. The number of nitrogens with zero attached hydrogens (tertiary/aromatic N) is 3. The molecular formula is C39H27N3. The van der Waals surface area contributed by atoms with Crippen molar-refractivity contribution in [3.05, 3.63) is 139 Å². The van der Waals surface area contributed by atoms with E-state index in [1.807, 2.05) is 0 Å². The minimum atomic E-state index is -0.0361. The second kappa shape index (κ2) is 8.37. The first-order valence-electron chi connectivity index (χ1n) is 14.5. The molecule has 2 heterocycles. The fraction of sp³-hybridized carbons (Fsp3) is 0.0769. The van der Waals surface area contributed by atoms with Crippen LogP contribution in [0.3, 0.4) is 0 Å². The quantitative estimate of drug-likeness (QED) is 0.220. The maximum Gasteiger partial charge on any atom is 0.162 e. The van der Waals surface area contributed by atoms with Crippen LogP contribution in [0, 0.1) is 0 Å². The molecule has 2 aromatic heterocycles. The molecule has 198 valence electrons. The van der Waals surface area contributed by atoms with Crippen LogP contribution in [0.15, 0.2) is 127 Å². The molecule has 0 saturated carbocycles. The van der Waals surface area contributed by atoms with Crippen LogP contribution in [0.2, 0.25) is 0 Å². The van der Waals surface area contributed by atoms with Gasteiger partial charge in [0.1, 0.15) is 5.82 Å². The maximum absolute atomic E-state index is 5.36.